The third kappa shape index (κ3) is 3.80. The lowest BCUT2D eigenvalue weighted by Gasteiger charge is -2.39. The van der Waals surface area contributed by atoms with Gasteiger partial charge in [-0.05, 0) is 12.8 Å². The first-order valence-electron chi connectivity index (χ1n) is 8.89. The van der Waals surface area contributed by atoms with E-state index in [4.69, 9.17) is 0 Å². The molecule has 1 fully saturated rings. The highest BCUT2D eigenvalue weighted by atomic mass is 32.2. The van der Waals surface area contributed by atoms with Gasteiger partial charge in [0.15, 0.2) is 0 Å². The molecule has 1 atom stereocenters. The fourth-order valence-corrected chi connectivity index (χ4v) is 4.75. The van der Waals surface area contributed by atoms with Crippen LogP contribution in [0.15, 0.2) is 10.6 Å². The number of hydrogen-bond acceptors (Lipinski definition) is 6. The number of rotatable bonds is 4. The fraction of sp³-hybridized carbons (Fsp3) is 0.632. The molecule has 8 heteroatoms. The zero-order valence-electron chi connectivity index (χ0n) is 15.8. The van der Waals surface area contributed by atoms with E-state index in [1.54, 1.807) is 20.9 Å². The van der Waals surface area contributed by atoms with E-state index in [2.05, 4.69) is 17.5 Å². The van der Waals surface area contributed by atoms with Crippen molar-refractivity contribution in [1.82, 2.24) is 10.2 Å². The molecule has 0 spiro atoms. The number of nitrogens with zero attached hydrogens (tertiary/aromatic N) is 4. The molecule has 0 bridgehead atoms. The number of carbonyl (C=O) groups is 2. The smallest absolute Gasteiger partial charge is 0.243 e. The molecule has 2 amide bonds. The van der Waals surface area contributed by atoms with Crippen molar-refractivity contribution in [3.05, 3.63) is 10.6 Å². The van der Waals surface area contributed by atoms with E-state index in [0.29, 0.717) is 23.4 Å². The van der Waals surface area contributed by atoms with Gasteiger partial charge in [-0.3, -0.25) is 9.59 Å². The van der Waals surface area contributed by atoms with Gasteiger partial charge in [-0.25, -0.2) is 0 Å². The van der Waals surface area contributed by atoms with Crippen molar-refractivity contribution in [2.45, 2.75) is 51.5 Å². The Balaban J connectivity index is 2.17. The lowest BCUT2D eigenvalue weighted by atomic mass is 9.72. The van der Waals surface area contributed by atoms with Crippen LogP contribution in [0.2, 0.25) is 0 Å². The molecule has 1 aliphatic carbocycles. The Morgan fingerprint density at radius 2 is 1.89 bits per heavy atom. The third-order valence-electron chi connectivity index (χ3n) is 5.58. The summed E-state index contributed by atoms with van der Waals surface area (Å²) in [6, 6.07) is 6.34. The second-order valence-electron chi connectivity index (χ2n) is 7.53. The largest absolute Gasteiger partial charge is 0.326 e. The summed E-state index contributed by atoms with van der Waals surface area (Å²) in [6.45, 7) is 3.36. The quantitative estimate of drug-likeness (QED) is 0.793. The van der Waals surface area contributed by atoms with E-state index in [-0.39, 0.29) is 11.7 Å². The standard InChI is InChI=1S/C19H23N5O2S/c1-18(2)13(9-20)16(26)23-17(14(18)10-21)27-11-15(25)24(3)19(12-22)7-5-4-6-8-19/h13H,4-8,11H2,1-3H3,(H,23,26)/t13-/m0/s1. The van der Waals surface area contributed by atoms with Gasteiger partial charge in [0, 0.05) is 12.5 Å². The number of carbonyl (C=O) groups excluding carboxylic acids is 2. The molecule has 7 nitrogen and oxygen atoms in total. The molecule has 27 heavy (non-hydrogen) atoms. The average Bonchev–Trinajstić information content (AvgIpc) is 2.65. The summed E-state index contributed by atoms with van der Waals surface area (Å²) in [6.07, 6.45) is 4.23. The van der Waals surface area contributed by atoms with E-state index < -0.39 is 22.8 Å². The van der Waals surface area contributed by atoms with Crippen LogP contribution in [0.4, 0.5) is 0 Å². The first-order valence-corrected chi connectivity index (χ1v) is 9.88. The van der Waals surface area contributed by atoms with Gasteiger partial charge < -0.3 is 10.2 Å². The van der Waals surface area contributed by atoms with Gasteiger partial charge in [0.05, 0.1) is 34.6 Å². The minimum atomic E-state index is -0.959. The number of thioether (sulfide) groups is 1. The third-order valence-corrected chi connectivity index (χ3v) is 6.56. The summed E-state index contributed by atoms with van der Waals surface area (Å²) in [5.41, 5.74) is -1.41. The molecule has 0 aromatic carbocycles. The van der Waals surface area contributed by atoms with Crippen molar-refractivity contribution in [1.29, 1.82) is 15.8 Å². The Hall–Kier alpha value is -2.50. The highest BCUT2D eigenvalue weighted by Crippen LogP contribution is 2.42. The van der Waals surface area contributed by atoms with Gasteiger partial charge in [0.1, 0.15) is 11.5 Å². The van der Waals surface area contributed by atoms with E-state index in [1.165, 1.54) is 4.90 Å². The number of allylic oxidation sites excluding steroid dienone is 1. The molecule has 0 unspecified atom stereocenters. The van der Waals surface area contributed by atoms with Crippen LogP contribution in [0, 0.1) is 45.3 Å². The van der Waals surface area contributed by atoms with E-state index >= 15 is 0 Å². The molecule has 1 saturated carbocycles. The predicted octanol–water partition coefficient (Wildman–Crippen LogP) is 2.44. The predicted molar refractivity (Wildman–Crippen MR) is 100 cm³/mol. The summed E-state index contributed by atoms with van der Waals surface area (Å²) >= 11 is 1.07. The van der Waals surface area contributed by atoms with Crippen molar-refractivity contribution in [2.24, 2.45) is 11.3 Å². The minimum Gasteiger partial charge on any atom is -0.326 e. The van der Waals surface area contributed by atoms with Crippen LogP contribution in [0.1, 0.15) is 46.0 Å². The van der Waals surface area contributed by atoms with Crippen molar-refractivity contribution in [3.63, 3.8) is 0 Å². The Labute approximate surface area is 164 Å². The zero-order chi connectivity index (χ0) is 20.2. The fourth-order valence-electron chi connectivity index (χ4n) is 3.66. The van der Waals surface area contributed by atoms with Gasteiger partial charge in [-0.15, -0.1) is 0 Å². The zero-order valence-corrected chi connectivity index (χ0v) is 16.7. The molecular formula is C19H23N5O2S. The Kier molecular flexibility index (Phi) is 6.19. The Morgan fingerprint density at radius 1 is 1.26 bits per heavy atom. The molecule has 0 saturated heterocycles. The highest BCUT2D eigenvalue weighted by molar-refractivity contribution is 8.03. The molecule has 1 heterocycles. The normalized spacial score (nSPS) is 23.4. The maximum absolute atomic E-state index is 12.7. The number of nitriles is 3. The SMILES string of the molecule is CN(C(=O)CSC1=C(C#N)C(C)(C)[C@@H](C#N)C(=O)N1)C1(C#N)CCCCC1. The van der Waals surface area contributed by atoms with Gasteiger partial charge in [0.25, 0.3) is 0 Å². The van der Waals surface area contributed by atoms with Gasteiger partial charge >= 0.3 is 0 Å². The molecule has 142 valence electrons. The van der Waals surface area contributed by atoms with Gasteiger partial charge in [0.2, 0.25) is 11.8 Å². The molecule has 0 aromatic heterocycles. The van der Waals surface area contributed by atoms with E-state index in [9.17, 15) is 25.4 Å². The van der Waals surface area contributed by atoms with Crippen LogP contribution in [-0.4, -0.2) is 35.1 Å². The summed E-state index contributed by atoms with van der Waals surface area (Å²) in [4.78, 5) is 26.4. The number of hydrogen-bond donors (Lipinski definition) is 1. The summed E-state index contributed by atoms with van der Waals surface area (Å²) in [7, 11) is 1.64. The Bertz CT molecular complexity index is 790. The summed E-state index contributed by atoms with van der Waals surface area (Å²) in [5, 5.41) is 31.3. The van der Waals surface area contributed by atoms with Crippen LogP contribution in [0.3, 0.4) is 0 Å². The van der Waals surface area contributed by atoms with Gasteiger partial charge in [-0.1, -0.05) is 44.9 Å². The minimum absolute atomic E-state index is 0.00796. The lowest BCUT2D eigenvalue weighted by Crippen LogP contribution is -2.50. The second kappa shape index (κ2) is 8.03. The summed E-state index contributed by atoms with van der Waals surface area (Å²) in [5.74, 6) is -1.64. The molecular weight excluding hydrogens is 362 g/mol. The van der Waals surface area contributed by atoms with Crippen LogP contribution in [0.5, 0.6) is 0 Å². The van der Waals surface area contributed by atoms with Crippen molar-refractivity contribution in [3.8, 4) is 18.2 Å². The van der Waals surface area contributed by atoms with E-state index in [1.807, 2.05) is 6.07 Å². The van der Waals surface area contributed by atoms with Crippen molar-refractivity contribution in [2.75, 3.05) is 12.8 Å². The number of amides is 2. The first-order chi connectivity index (χ1) is 12.7. The second-order valence-corrected chi connectivity index (χ2v) is 8.52. The van der Waals surface area contributed by atoms with E-state index in [0.717, 1.165) is 31.0 Å². The molecule has 1 aliphatic heterocycles. The topological polar surface area (TPSA) is 121 Å². The molecule has 2 aliphatic rings. The van der Waals surface area contributed by atoms with Crippen LogP contribution >= 0.6 is 11.8 Å². The number of nitrogens with one attached hydrogen (secondary N) is 1. The molecule has 0 radical (unpaired) electrons. The molecule has 2 rings (SSSR count). The summed E-state index contributed by atoms with van der Waals surface area (Å²) < 4.78 is 0. The monoisotopic (exact) mass is 385 g/mol. The highest BCUT2D eigenvalue weighted by Gasteiger charge is 2.45. The maximum atomic E-state index is 12.7. The van der Waals surface area contributed by atoms with Crippen LogP contribution in [-0.2, 0) is 9.59 Å². The maximum Gasteiger partial charge on any atom is 0.243 e. The average molecular weight is 385 g/mol. The van der Waals surface area contributed by atoms with Crippen molar-refractivity contribution < 1.29 is 9.59 Å². The lowest BCUT2D eigenvalue weighted by molar-refractivity contribution is -0.132. The van der Waals surface area contributed by atoms with Crippen molar-refractivity contribution >= 4 is 23.6 Å². The van der Waals surface area contributed by atoms with Gasteiger partial charge in [-0.2, -0.15) is 15.8 Å². The molecule has 1 N–H and O–H groups in total. The first kappa shape index (κ1) is 20.8. The van der Waals surface area contributed by atoms with Crippen LogP contribution in [0.25, 0.3) is 0 Å². The molecule has 0 aromatic rings. The Morgan fingerprint density at radius 3 is 2.41 bits per heavy atom. The van der Waals surface area contributed by atoms with Crippen LogP contribution < -0.4 is 5.32 Å².